The van der Waals surface area contributed by atoms with Crippen molar-refractivity contribution in [2.24, 2.45) is 5.92 Å². The minimum absolute atomic E-state index is 0.120. The number of hydrogen-bond donors (Lipinski definition) is 2. The molecule has 2 heterocycles. The lowest BCUT2D eigenvalue weighted by molar-refractivity contribution is 0.0951. The molecule has 0 saturated carbocycles. The second kappa shape index (κ2) is 10.3. The molecule has 0 bridgehead atoms. The number of aromatic nitrogens is 2. The Bertz CT molecular complexity index is 1190. The molecule has 1 aromatic heterocycles. The monoisotopic (exact) mass is 483 g/mol. The molecule has 9 heteroatoms. The Morgan fingerprint density at radius 1 is 1.15 bits per heavy atom. The summed E-state index contributed by atoms with van der Waals surface area (Å²) in [5, 5.41) is 4.10. The summed E-state index contributed by atoms with van der Waals surface area (Å²) in [7, 11) is 3.20. The Kier molecular flexibility index (Phi) is 7.26. The molecule has 0 aliphatic carbocycles. The number of ether oxygens (including phenoxy) is 2. The summed E-state index contributed by atoms with van der Waals surface area (Å²) in [6.07, 6.45) is 2.92. The van der Waals surface area contributed by atoms with E-state index in [1.54, 1.807) is 20.3 Å². The van der Waals surface area contributed by atoms with Crippen LogP contribution in [0.2, 0.25) is 5.28 Å². The number of piperidine rings is 1. The molecular weight excluding hydrogens is 454 g/mol. The molecular formula is C25H30ClN5O3. The summed E-state index contributed by atoms with van der Waals surface area (Å²) in [5.74, 6) is 2.43. The van der Waals surface area contributed by atoms with Crippen LogP contribution in [0.5, 0.6) is 11.5 Å². The number of halogens is 1. The zero-order valence-electron chi connectivity index (χ0n) is 19.7. The van der Waals surface area contributed by atoms with Crippen molar-refractivity contribution in [3.8, 4) is 11.5 Å². The van der Waals surface area contributed by atoms with E-state index in [1.807, 2.05) is 31.2 Å². The van der Waals surface area contributed by atoms with Gasteiger partial charge in [-0.05, 0) is 61.9 Å². The SMILES string of the molecule is COc1cc2nc(Cl)nc(N3CCC(CCNC(=O)c4cc(C)ccc4N)CC3)c2cc1OC. The number of carbonyl (C=O) groups excluding carboxylic acids is 1. The third-order valence-electron chi connectivity index (χ3n) is 6.36. The van der Waals surface area contributed by atoms with Gasteiger partial charge in [0.15, 0.2) is 11.5 Å². The van der Waals surface area contributed by atoms with E-state index in [2.05, 4.69) is 20.2 Å². The Labute approximate surface area is 204 Å². The van der Waals surface area contributed by atoms with Gasteiger partial charge >= 0.3 is 0 Å². The Morgan fingerprint density at radius 2 is 1.85 bits per heavy atom. The molecule has 1 amide bonds. The highest BCUT2D eigenvalue weighted by molar-refractivity contribution is 6.28. The highest BCUT2D eigenvalue weighted by atomic mass is 35.5. The van der Waals surface area contributed by atoms with Crippen molar-refractivity contribution in [3.63, 3.8) is 0 Å². The largest absolute Gasteiger partial charge is 0.493 e. The molecule has 8 nitrogen and oxygen atoms in total. The van der Waals surface area contributed by atoms with Crippen LogP contribution in [-0.2, 0) is 0 Å². The summed E-state index contributed by atoms with van der Waals surface area (Å²) in [6.45, 7) is 4.27. The predicted octanol–water partition coefficient (Wildman–Crippen LogP) is 4.23. The van der Waals surface area contributed by atoms with E-state index in [0.29, 0.717) is 40.7 Å². The van der Waals surface area contributed by atoms with E-state index in [1.165, 1.54) is 0 Å². The lowest BCUT2D eigenvalue weighted by Crippen LogP contribution is -2.36. The number of nitrogens with two attached hydrogens (primary N) is 1. The number of benzene rings is 2. The number of hydrogen-bond acceptors (Lipinski definition) is 7. The van der Waals surface area contributed by atoms with Crippen LogP contribution in [0.3, 0.4) is 0 Å². The lowest BCUT2D eigenvalue weighted by atomic mass is 9.93. The van der Waals surface area contributed by atoms with Crippen LogP contribution < -0.4 is 25.4 Å². The van der Waals surface area contributed by atoms with Gasteiger partial charge in [0.1, 0.15) is 5.82 Å². The molecule has 34 heavy (non-hydrogen) atoms. The van der Waals surface area contributed by atoms with E-state index in [4.69, 9.17) is 26.8 Å². The number of nitrogen functional groups attached to an aromatic ring is 1. The lowest BCUT2D eigenvalue weighted by Gasteiger charge is -2.33. The molecule has 3 aromatic rings. The number of anilines is 2. The highest BCUT2D eigenvalue weighted by Crippen LogP contribution is 2.37. The van der Waals surface area contributed by atoms with Crippen molar-refractivity contribution in [1.29, 1.82) is 0 Å². The number of rotatable bonds is 7. The first-order valence-corrected chi connectivity index (χ1v) is 11.8. The Hall–Kier alpha value is -3.26. The fourth-order valence-electron chi connectivity index (χ4n) is 4.44. The van der Waals surface area contributed by atoms with Gasteiger partial charge in [-0.15, -0.1) is 0 Å². The molecule has 1 saturated heterocycles. The number of aryl methyl sites for hydroxylation is 1. The zero-order valence-corrected chi connectivity index (χ0v) is 20.5. The van der Waals surface area contributed by atoms with E-state index in [9.17, 15) is 4.79 Å². The summed E-state index contributed by atoms with van der Waals surface area (Å²) in [6, 6.07) is 9.22. The first-order valence-electron chi connectivity index (χ1n) is 11.4. The maximum Gasteiger partial charge on any atom is 0.253 e. The molecule has 0 unspecified atom stereocenters. The van der Waals surface area contributed by atoms with Gasteiger partial charge in [0, 0.05) is 36.8 Å². The fourth-order valence-corrected chi connectivity index (χ4v) is 4.61. The van der Waals surface area contributed by atoms with Gasteiger partial charge in [0.05, 0.1) is 25.3 Å². The van der Waals surface area contributed by atoms with Gasteiger partial charge in [0.25, 0.3) is 5.91 Å². The summed E-state index contributed by atoms with van der Waals surface area (Å²) in [4.78, 5) is 23.6. The molecule has 0 radical (unpaired) electrons. The van der Waals surface area contributed by atoms with Gasteiger partial charge in [-0.3, -0.25) is 4.79 Å². The number of methoxy groups -OCH3 is 2. The van der Waals surface area contributed by atoms with Crippen LogP contribution in [0.4, 0.5) is 11.5 Å². The van der Waals surface area contributed by atoms with E-state index in [0.717, 1.165) is 49.1 Å². The molecule has 2 aromatic carbocycles. The van der Waals surface area contributed by atoms with Crippen molar-refractivity contribution in [2.45, 2.75) is 26.2 Å². The maximum absolute atomic E-state index is 12.5. The molecule has 1 aliphatic rings. The van der Waals surface area contributed by atoms with Gasteiger partial charge in [-0.1, -0.05) is 11.6 Å². The number of carbonyl (C=O) groups is 1. The summed E-state index contributed by atoms with van der Waals surface area (Å²) < 4.78 is 10.9. The van der Waals surface area contributed by atoms with Crippen LogP contribution in [0.15, 0.2) is 30.3 Å². The Balaban J connectivity index is 1.38. The maximum atomic E-state index is 12.5. The van der Waals surface area contributed by atoms with Gasteiger partial charge in [0.2, 0.25) is 5.28 Å². The van der Waals surface area contributed by atoms with Crippen LogP contribution in [0.1, 0.15) is 35.2 Å². The van der Waals surface area contributed by atoms with Crippen molar-refractivity contribution >= 4 is 39.9 Å². The molecule has 1 aliphatic heterocycles. The van der Waals surface area contributed by atoms with E-state index >= 15 is 0 Å². The molecule has 4 rings (SSSR count). The quantitative estimate of drug-likeness (QED) is 0.383. The highest BCUT2D eigenvalue weighted by Gasteiger charge is 2.23. The third kappa shape index (κ3) is 5.12. The van der Waals surface area contributed by atoms with Crippen LogP contribution in [-0.4, -0.2) is 49.7 Å². The normalized spacial score (nSPS) is 14.3. The predicted molar refractivity (Wildman–Crippen MR) is 135 cm³/mol. The number of nitrogens with one attached hydrogen (secondary N) is 1. The molecule has 0 spiro atoms. The van der Waals surface area contributed by atoms with Crippen molar-refractivity contribution in [2.75, 3.05) is 44.5 Å². The first kappa shape index (κ1) is 23.9. The molecule has 3 N–H and O–H groups in total. The van der Waals surface area contributed by atoms with Gasteiger partial charge in [-0.25, -0.2) is 4.98 Å². The molecule has 0 atom stereocenters. The number of amides is 1. The summed E-state index contributed by atoms with van der Waals surface area (Å²) in [5.41, 5.74) is 8.73. The fraction of sp³-hybridized carbons (Fsp3) is 0.400. The van der Waals surface area contributed by atoms with E-state index in [-0.39, 0.29) is 11.2 Å². The zero-order chi connectivity index (χ0) is 24.2. The average molecular weight is 484 g/mol. The van der Waals surface area contributed by atoms with Crippen LogP contribution in [0, 0.1) is 12.8 Å². The second-order valence-electron chi connectivity index (χ2n) is 8.61. The van der Waals surface area contributed by atoms with Crippen LogP contribution in [0.25, 0.3) is 10.9 Å². The molecule has 180 valence electrons. The standard InChI is InChI=1S/C25H30ClN5O3/c1-15-4-5-19(27)17(12-15)24(32)28-9-6-16-7-10-31(11-8-16)23-18-13-21(33-2)22(34-3)14-20(18)29-25(26)30-23/h4-5,12-14,16H,6-11,27H2,1-3H3,(H,28,32). The third-order valence-corrected chi connectivity index (χ3v) is 6.53. The minimum Gasteiger partial charge on any atom is -0.493 e. The summed E-state index contributed by atoms with van der Waals surface area (Å²) >= 11 is 6.24. The number of fused-ring (bicyclic) bond motifs is 1. The second-order valence-corrected chi connectivity index (χ2v) is 8.94. The van der Waals surface area contributed by atoms with E-state index < -0.39 is 0 Å². The van der Waals surface area contributed by atoms with Gasteiger partial charge < -0.3 is 25.4 Å². The topological polar surface area (TPSA) is 103 Å². The molecule has 1 fully saturated rings. The van der Waals surface area contributed by atoms with Crippen molar-refractivity contribution in [1.82, 2.24) is 15.3 Å². The van der Waals surface area contributed by atoms with Crippen LogP contribution >= 0.6 is 11.6 Å². The smallest absolute Gasteiger partial charge is 0.253 e. The van der Waals surface area contributed by atoms with Gasteiger partial charge in [-0.2, -0.15) is 4.98 Å². The minimum atomic E-state index is -0.120. The first-order chi connectivity index (χ1) is 16.4. The number of nitrogens with zero attached hydrogens (tertiary/aromatic N) is 3. The Morgan fingerprint density at radius 3 is 2.56 bits per heavy atom. The van der Waals surface area contributed by atoms with Crippen molar-refractivity contribution < 1.29 is 14.3 Å². The van der Waals surface area contributed by atoms with Crippen molar-refractivity contribution in [3.05, 3.63) is 46.7 Å². The average Bonchev–Trinajstić information content (AvgIpc) is 2.84.